The zero-order chi connectivity index (χ0) is 10.1. The zero-order valence-electron chi connectivity index (χ0n) is 8.79. The highest BCUT2D eigenvalue weighted by Crippen LogP contribution is 2.27. The summed E-state index contributed by atoms with van der Waals surface area (Å²) in [7, 11) is 0. The molecule has 0 aromatic rings. The molecule has 0 amide bonds. The average Bonchev–Trinajstić information content (AvgIpc) is 1.97. The summed E-state index contributed by atoms with van der Waals surface area (Å²) >= 11 is 0. The van der Waals surface area contributed by atoms with E-state index in [4.69, 9.17) is 10.5 Å². The predicted molar refractivity (Wildman–Crippen MR) is 52.4 cm³/mol. The van der Waals surface area contributed by atoms with Crippen LogP contribution in [-0.4, -0.2) is 30.0 Å². The smallest absolute Gasteiger partial charge is 0.126 e. The van der Waals surface area contributed by atoms with Crippen LogP contribution in [0.4, 0.5) is 0 Å². The Hall–Kier alpha value is -0.120. The fourth-order valence-corrected chi connectivity index (χ4v) is 1.92. The lowest BCUT2D eigenvalue weighted by molar-refractivity contribution is -0.196. The molecule has 1 aliphatic rings. The van der Waals surface area contributed by atoms with Gasteiger partial charge in [-0.25, -0.2) is 0 Å². The molecule has 1 rings (SSSR count). The maximum Gasteiger partial charge on any atom is 0.126 e. The highest BCUT2D eigenvalue weighted by molar-refractivity contribution is 4.97. The second-order valence-electron chi connectivity index (χ2n) is 4.73. The maximum absolute atomic E-state index is 9.91. The van der Waals surface area contributed by atoms with Crippen molar-refractivity contribution in [1.29, 1.82) is 0 Å². The van der Waals surface area contributed by atoms with Crippen LogP contribution in [0.2, 0.25) is 0 Å². The highest BCUT2D eigenvalue weighted by atomic mass is 16.5. The number of nitrogens with two attached hydrogens (primary N) is 1. The lowest BCUT2D eigenvalue weighted by atomic mass is 9.81. The fraction of sp³-hybridized carbons (Fsp3) is 1.00. The Morgan fingerprint density at radius 3 is 2.23 bits per heavy atom. The first-order valence-corrected chi connectivity index (χ1v) is 5.01. The van der Waals surface area contributed by atoms with Crippen LogP contribution < -0.4 is 5.73 Å². The van der Waals surface area contributed by atoms with Crippen molar-refractivity contribution in [2.45, 2.75) is 38.8 Å². The van der Waals surface area contributed by atoms with Crippen molar-refractivity contribution >= 4 is 0 Å². The van der Waals surface area contributed by atoms with Crippen LogP contribution in [0.15, 0.2) is 0 Å². The minimum atomic E-state index is -0.756. The number of rotatable bonds is 4. The monoisotopic (exact) mass is 187 g/mol. The van der Waals surface area contributed by atoms with Gasteiger partial charge < -0.3 is 15.6 Å². The summed E-state index contributed by atoms with van der Waals surface area (Å²) in [6.07, 6.45) is 1.06. The average molecular weight is 187 g/mol. The first kappa shape index (κ1) is 11.0. The third kappa shape index (κ3) is 2.42. The van der Waals surface area contributed by atoms with E-state index < -0.39 is 5.60 Å². The Morgan fingerprint density at radius 2 is 1.92 bits per heavy atom. The third-order valence-electron chi connectivity index (χ3n) is 2.78. The Balaban J connectivity index is 2.41. The van der Waals surface area contributed by atoms with E-state index in [0.717, 1.165) is 6.42 Å². The molecule has 0 aromatic carbocycles. The molecule has 1 fully saturated rings. The molecule has 0 bridgehead atoms. The fourth-order valence-electron chi connectivity index (χ4n) is 1.92. The van der Waals surface area contributed by atoms with Crippen LogP contribution in [0.3, 0.4) is 0 Å². The molecule has 0 aliphatic carbocycles. The lowest BCUT2D eigenvalue weighted by Crippen LogP contribution is -2.63. The van der Waals surface area contributed by atoms with Crippen LogP contribution in [0.1, 0.15) is 27.2 Å². The maximum atomic E-state index is 9.91. The van der Waals surface area contributed by atoms with Crippen molar-refractivity contribution in [2.24, 2.45) is 17.6 Å². The van der Waals surface area contributed by atoms with E-state index in [1.54, 1.807) is 0 Å². The Bertz CT molecular complexity index is 166. The molecular formula is C10H21NO2. The molecule has 3 nitrogen and oxygen atoms in total. The van der Waals surface area contributed by atoms with Gasteiger partial charge in [0.1, 0.15) is 5.60 Å². The van der Waals surface area contributed by atoms with Gasteiger partial charge in [-0.1, -0.05) is 20.8 Å². The van der Waals surface area contributed by atoms with Crippen molar-refractivity contribution in [2.75, 3.05) is 13.2 Å². The molecular weight excluding hydrogens is 166 g/mol. The molecule has 1 saturated heterocycles. The Labute approximate surface area is 80.3 Å². The minimum absolute atomic E-state index is 0.149. The van der Waals surface area contributed by atoms with E-state index >= 15 is 0 Å². The van der Waals surface area contributed by atoms with E-state index in [2.05, 4.69) is 20.8 Å². The number of aliphatic hydroxyl groups is 1. The molecule has 2 unspecified atom stereocenters. The van der Waals surface area contributed by atoms with E-state index in [1.807, 2.05) is 0 Å². The summed E-state index contributed by atoms with van der Waals surface area (Å²) in [5, 5.41) is 9.91. The second kappa shape index (κ2) is 3.95. The van der Waals surface area contributed by atoms with E-state index in [0.29, 0.717) is 25.0 Å². The number of hydrogen-bond donors (Lipinski definition) is 2. The largest absolute Gasteiger partial charge is 0.383 e. The summed E-state index contributed by atoms with van der Waals surface area (Å²) in [5.41, 5.74) is 5.22. The van der Waals surface area contributed by atoms with Crippen molar-refractivity contribution in [3.05, 3.63) is 0 Å². The van der Waals surface area contributed by atoms with Crippen LogP contribution >= 0.6 is 0 Å². The quantitative estimate of drug-likeness (QED) is 0.683. The zero-order valence-corrected chi connectivity index (χ0v) is 8.79. The Morgan fingerprint density at radius 1 is 1.38 bits per heavy atom. The van der Waals surface area contributed by atoms with Gasteiger partial charge in [0, 0.05) is 6.04 Å². The van der Waals surface area contributed by atoms with Gasteiger partial charge in [-0.2, -0.15) is 0 Å². The van der Waals surface area contributed by atoms with E-state index in [1.165, 1.54) is 0 Å². The minimum Gasteiger partial charge on any atom is -0.383 e. The van der Waals surface area contributed by atoms with Crippen molar-refractivity contribution in [1.82, 2.24) is 0 Å². The molecule has 1 aliphatic heterocycles. The molecule has 0 saturated carbocycles. The number of ether oxygens (including phenoxy) is 1. The second-order valence-corrected chi connectivity index (χ2v) is 4.73. The van der Waals surface area contributed by atoms with Crippen molar-refractivity contribution < 1.29 is 9.84 Å². The summed E-state index contributed by atoms with van der Waals surface area (Å²) in [6, 6.07) is -0.149. The van der Waals surface area contributed by atoms with Gasteiger partial charge in [0.2, 0.25) is 0 Å². The summed E-state index contributed by atoms with van der Waals surface area (Å²) < 4.78 is 4.98. The summed E-state index contributed by atoms with van der Waals surface area (Å²) in [6.45, 7) is 7.24. The van der Waals surface area contributed by atoms with Crippen LogP contribution in [0.25, 0.3) is 0 Å². The third-order valence-corrected chi connectivity index (χ3v) is 2.78. The molecule has 0 radical (unpaired) electrons. The van der Waals surface area contributed by atoms with Gasteiger partial charge in [-0.05, 0) is 18.3 Å². The van der Waals surface area contributed by atoms with Gasteiger partial charge in [0.25, 0.3) is 0 Å². The van der Waals surface area contributed by atoms with Gasteiger partial charge in [-0.3, -0.25) is 0 Å². The van der Waals surface area contributed by atoms with Crippen molar-refractivity contribution in [3.63, 3.8) is 0 Å². The predicted octanol–water partition coefficient (Wildman–Crippen LogP) is 0.757. The topological polar surface area (TPSA) is 55.5 Å². The van der Waals surface area contributed by atoms with Gasteiger partial charge >= 0.3 is 0 Å². The molecule has 13 heavy (non-hydrogen) atoms. The molecule has 78 valence electrons. The molecule has 3 heteroatoms. The molecule has 0 spiro atoms. The standard InChI is InChI=1S/C10H21NO2/c1-7(2)4-8(3)9(11)10(12)5-13-6-10/h7-9,12H,4-6,11H2,1-3H3. The SMILES string of the molecule is CC(C)CC(C)C(N)C1(O)COC1. The van der Waals surface area contributed by atoms with Gasteiger partial charge in [0.05, 0.1) is 13.2 Å². The molecule has 0 aromatic heterocycles. The van der Waals surface area contributed by atoms with Crippen molar-refractivity contribution in [3.8, 4) is 0 Å². The van der Waals surface area contributed by atoms with Gasteiger partial charge in [-0.15, -0.1) is 0 Å². The highest BCUT2D eigenvalue weighted by Gasteiger charge is 2.44. The number of hydrogen-bond acceptors (Lipinski definition) is 3. The molecule has 3 N–H and O–H groups in total. The molecule has 2 atom stereocenters. The first-order chi connectivity index (χ1) is 5.96. The van der Waals surface area contributed by atoms with Crippen LogP contribution in [0.5, 0.6) is 0 Å². The normalized spacial score (nSPS) is 25.4. The first-order valence-electron chi connectivity index (χ1n) is 5.01. The van der Waals surface area contributed by atoms with E-state index in [-0.39, 0.29) is 6.04 Å². The summed E-state index contributed by atoms with van der Waals surface area (Å²) in [4.78, 5) is 0. The van der Waals surface area contributed by atoms with E-state index in [9.17, 15) is 5.11 Å². The van der Waals surface area contributed by atoms with Crippen LogP contribution in [-0.2, 0) is 4.74 Å². The summed E-state index contributed by atoms with van der Waals surface area (Å²) in [5.74, 6) is 0.986. The lowest BCUT2D eigenvalue weighted by Gasteiger charge is -2.43. The molecule has 1 heterocycles. The van der Waals surface area contributed by atoms with Gasteiger partial charge in [0.15, 0.2) is 0 Å². The Kier molecular flexibility index (Phi) is 3.33. The van der Waals surface area contributed by atoms with Crippen LogP contribution in [0, 0.1) is 11.8 Å².